The second kappa shape index (κ2) is 6.64. The van der Waals surface area contributed by atoms with E-state index in [-0.39, 0.29) is 0 Å². The van der Waals surface area contributed by atoms with Crippen molar-refractivity contribution in [3.63, 3.8) is 0 Å². The van der Waals surface area contributed by atoms with Gasteiger partial charge in [-0.05, 0) is 25.5 Å². The lowest BCUT2D eigenvalue weighted by Gasteiger charge is -2.14. The van der Waals surface area contributed by atoms with Crippen LogP contribution in [0.15, 0.2) is 24.3 Å². The smallest absolute Gasteiger partial charge is 0.326 e. The van der Waals surface area contributed by atoms with Crippen molar-refractivity contribution in [2.75, 3.05) is 5.32 Å². The van der Waals surface area contributed by atoms with Crippen LogP contribution in [0.5, 0.6) is 0 Å². The number of anilines is 1. The summed E-state index contributed by atoms with van der Waals surface area (Å²) in [5.74, 6) is -1.02. The van der Waals surface area contributed by atoms with Crippen LogP contribution in [-0.2, 0) is 4.79 Å². The molecule has 1 aromatic rings. The largest absolute Gasteiger partial charge is 0.480 e. The molecule has 0 aliphatic carbocycles. The van der Waals surface area contributed by atoms with Crippen LogP contribution in [0.1, 0.15) is 25.3 Å². The Bertz CT molecular complexity index is 415. The molecule has 0 saturated heterocycles. The summed E-state index contributed by atoms with van der Waals surface area (Å²) in [7, 11) is 0. The zero-order chi connectivity index (χ0) is 13.5. The van der Waals surface area contributed by atoms with Crippen LogP contribution in [0.2, 0.25) is 0 Å². The van der Waals surface area contributed by atoms with Crippen LogP contribution in [0.3, 0.4) is 0 Å². The fraction of sp³-hybridized carbons (Fsp3) is 0.385. The van der Waals surface area contributed by atoms with Crippen LogP contribution in [0, 0.1) is 6.92 Å². The Morgan fingerprint density at radius 2 is 1.89 bits per heavy atom. The van der Waals surface area contributed by atoms with Gasteiger partial charge in [-0.25, -0.2) is 9.59 Å². The van der Waals surface area contributed by atoms with Crippen LogP contribution in [0.4, 0.5) is 10.5 Å². The number of urea groups is 1. The van der Waals surface area contributed by atoms with E-state index >= 15 is 0 Å². The molecule has 0 aliphatic heterocycles. The average molecular weight is 250 g/mol. The van der Waals surface area contributed by atoms with E-state index in [4.69, 9.17) is 5.11 Å². The molecule has 0 heterocycles. The third-order valence-electron chi connectivity index (χ3n) is 2.49. The highest BCUT2D eigenvalue weighted by Gasteiger charge is 2.18. The van der Waals surface area contributed by atoms with Crippen molar-refractivity contribution in [3.8, 4) is 0 Å². The summed E-state index contributed by atoms with van der Waals surface area (Å²) < 4.78 is 0. The molecule has 0 spiro atoms. The van der Waals surface area contributed by atoms with Crippen LogP contribution >= 0.6 is 0 Å². The van der Waals surface area contributed by atoms with Gasteiger partial charge in [0.15, 0.2) is 0 Å². The van der Waals surface area contributed by atoms with Gasteiger partial charge in [-0.1, -0.05) is 31.0 Å². The van der Waals surface area contributed by atoms with Crippen molar-refractivity contribution >= 4 is 17.7 Å². The molecule has 0 fully saturated rings. The molecule has 1 aromatic carbocycles. The molecule has 0 radical (unpaired) electrons. The van der Waals surface area contributed by atoms with Gasteiger partial charge in [-0.2, -0.15) is 0 Å². The molecule has 0 saturated carbocycles. The summed E-state index contributed by atoms with van der Waals surface area (Å²) in [5.41, 5.74) is 1.73. The molecular formula is C13H18N2O3. The lowest BCUT2D eigenvalue weighted by atomic mass is 10.2. The molecule has 2 amide bonds. The number of amides is 2. The van der Waals surface area contributed by atoms with Crippen molar-refractivity contribution in [2.45, 2.75) is 32.7 Å². The van der Waals surface area contributed by atoms with E-state index < -0.39 is 18.0 Å². The SMILES string of the molecule is CCCC(NC(=O)Nc1ccc(C)cc1)C(=O)O. The number of aliphatic carboxylic acids is 1. The monoisotopic (exact) mass is 250 g/mol. The number of rotatable bonds is 5. The third kappa shape index (κ3) is 4.45. The Labute approximate surface area is 106 Å². The first-order valence-corrected chi connectivity index (χ1v) is 5.90. The maximum absolute atomic E-state index is 11.6. The minimum atomic E-state index is -1.02. The summed E-state index contributed by atoms with van der Waals surface area (Å²) in [4.78, 5) is 22.5. The molecule has 1 rings (SSSR count). The fourth-order valence-corrected chi connectivity index (χ4v) is 1.51. The number of carboxylic acids is 1. The van der Waals surface area contributed by atoms with Crippen molar-refractivity contribution in [3.05, 3.63) is 29.8 Å². The molecule has 0 bridgehead atoms. The second-order valence-electron chi connectivity index (χ2n) is 4.14. The van der Waals surface area contributed by atoms with E-state index in [0.29, 0.717) is 18.5 Å². The van der Waals surface area contributed by atoms with E-state index in [2.05, 4.69) is 10.6 Å². The minimum Gasteiger partial charge on any atom is -0.480 e. The molecule has 0 aliphatic rings. The van der Waals surface area contributed by atoms with Gasteiger partial charge in [0.05, 0.1) is 0 Å². The van der Waals surface area contributed by atoms with Crippen molar-refractivity contribution in [1.29, 1.82) is 0 Å². The number of carboxylic acid groups (broad SMARTS) is 1. The highest BCUT2D eigenvalue weighted by Crippen LogP contribution is 2.08. The predicted molar refractivity (Wildman–Crippen MR) is 69.7 cm³/mol. The first kappa shape index (κ1) is 14.0. The molecule has 5 nitrogen and oxygen atoms in total. The number of aryl methyl sites for hydroxylation is 1. The van der Waals surface area contributed by atoms with Gasteiger partial charge in [0, 0.05) is 5.69 Å². The number of benzene rings is 1. The summed E-state index contributed by atoms with van der Waals surface area (Å²) in [6.07, 6.45) is 1.11. The highest BCUT2D eigenvalue weighted by atomic mass is 16.4. The van der Waals surface area contributed by atoms with Crippen molar-refractivity contribution in [1.82, 2.24) is 5.32 Å². The van der Waals surface area contributed by atoms with Gasteiger partial charge in [-0.15, -0.1) is 0 Å². The van der Waals surface area contributed by atoms with E-state index in [1.165, 1.54) is 0 Å². The van der Waals surface area contributed by atoms with Gasteiger partial charge < -0.3 is 15.7 Å². The van der Waals surface area contributed by atoms with Crippen LogP contribution in [-0.4, -0.2) is 23.1 Å². The average Bonchev–Trinajstić information content (AvgIpc) is 2.31. The zero-order valence-electron chi connectivity index (χ0n) is 10.6. The maximum Gasteiger partial charge on any atom is 0.326 e. The number of carbonyl (C=O) groups excluding carboxylic acids is 1. The highest BCUT2D eigenvalue weighted by molar-refractivity contribution is 5.92. The van der Waals surface area contributed by atoms with Gasteiger partial charge in [0.1, 0.15) is 6.04 Å². The number of hydrogen-bond donors (Lipinski definition) is 3. The Kier molecular flexibility index (Phi) is 5.17. The van der Waals surface area contributed by atoms with Crippen molar-refractivity contribution in [2.24, 2.45) is 0 Å². The Balaban J connectivity index is 2.54. The van der Waals surface area contributed by atoms with E-state index in [9.17, 15) is 9.59 Å². The van der Waals surface area contributed by atoms with Crippen LogP contribution in [0.25, 0.3) is 0 Å². The number of carbonyl (C=O) groups is 2. The summed E-state index contributed by atoms with van der Waals surface area (Å²) in [5, 5.41) is 13.9. The summed E-state index contributed by atoms with van der Waals surface area (Å²) in [6.45, 7) is 3.82. The number of hydrogen-bond acceptors (Lipinski definition) is 2. The molecule has 0 aromatic heterocycles. The van der Waals surface area contributed by atoms with Gasteiger partial charge in [-0.3, -0.25) is 0 Å². The number of nitrogens with one attached hydrogen (secondary N) is 2. The van der Waals surface area contributed by atoms with E-state index in [1.807, 2.05) is 26.0 Å². The molecule has 5 heteroatoms. The molecular weight excluding hydrogens is 232 g/mol. The normalized spacial score (nSPS) is 11.7. The molecule has 1 unspecified atom stereocenters. The van der Waals surface area contributed by atoms with Gasteiger partial charge in [0.25, 0.3) is 0 Å². The predicted octanol–water partition coefficient (Wildman–Crippen LogP) is 2.37. The van der Waals surface area contributed by atoms with Gasteiger partial charge in [0.2, 0.25) is 0 Å². The molecule has 18 heavy (non-hydrogen) atoms. The minimum absolute atomic E-state index is 0.413. The third-order valence-corrected chi connectivity index (χ3v) is 2.49. The summed E-state index contributed by atoms with van der Waals surface area (Å²) in [6, 6.07) is 5.93. The first-order chi connectivity index (χ1) is 8.52. The van der Waals surface area contributed by atoms with Crippen LogP contribution < -0.4 is 10.6 Å². The Morgan fingerprint density at radius 1 is 1.28 bits per heavy atom. The standard InChI is InChI=1S/C13H18N2O3/c1-3-4-11(12(16)17)15-13(18)14-10-7-5-9(2)6-8-10/h5-8,11H,3-4H2,1-2H3,(H,16,17)(H2,14,15,18). The van der Waals surface area contributed by atoms with Crippen molar-refractivity contribution < 1.29 is 14.7 Å². The second-order valence-corrected chi connectivity index (χ2v) is 4.14. The summed E-state index contributed by atoms with van der Waals surface area (Å²) >= 11 is 0. The first-order valence-electron chi connectivity index (χ1n) is 5.90. The lowest BCUT2D eigenvalue weighted by molar-refractivity contribution is -0.139. The Morgan fingerprint density at radius 3 is 2.39 bits per heavy atom. The molecule has 3 N–H and O–H groups in total. The fourth-order valence-electron chi connectivity index (χ4n) is 1.51. The van der Waals surface area contributed by atoms with Gasteiger partial charge >= 0.3 is 12.0 Å². The topological polar surface area (TPSA) is 78.4 Å². The molecule has 98 valence electrons. The lowest BCUT2D eigenvalue weighted by Crippen LogP contribution is -2.42. The zero-order valence-corrected chi connectivity index (χ0v) is 10.6. The Hall–Kier alpha value is -2.04. The van der Waals surface area contributed by atoms with E-state index in [1.54, 1.807) is 12.1 Å². The molecule has 1 atom stereocenters. The maximum atomic E-state index is 11.6. The van der Waals surface area contributed by atoms with E-state index in [0.717, 1.165) is 5.56 Å². The quantitative estimate of drug-likeness (QED) is 0.750.